The summed E-state index contributed by atoms with van der Waals surface area (Å²) in [5.41, 5.74) is 0. The number of unbranched alkanes of at least 4 members (excludes halogenated alkanes) is 2. The Hall–Kier alpha value is -0.375. The van der Waals surface area contributed by atoms with E-state index in [0.29, 0.717) is 5.92 Å². The van der Waals surface area contributed by atoms with Crippen LogP contribution in [0.15, 0.2) is 0 Å². The van der Waals surface area contributed by atoms with E-state index >= 15 is 0 Å². The fraction of sp³-hybridized carbons (Fsp3) is 0.800. The molecule has 0 amide bonds. The summed E-state index contributed by atoms with van der Waals surface area (Å²) in [5.74, 6) is 6.05. The molecule has 1 unspecified atom stereocenters. The largest absolute Gasteiger partial charge is 0.187 e. The summed E-state index contributed by atoms with van der Waals surface area (Å²) in [6.45, 7) is 4.39. The maximum Gasteiger partial charge on any atom is 0.187 e. The lowest BCUT2D eigenvalue weighted by atomic mass is 9.97. The fourth-order valence-corrected chi connectivity index (χ4v) is 1.14. The zero-order chi connectivity index (χ0) is 8.53. The molecule has 0 fully saturated rings. The standard InChI is InChI=1S/C10H17B/c1-3-5-6-7-10(4-2)8-9-11/h10H,3-7H2,1-2H3. The maximum absolute atomic E-state index is 5.15. The van der Waals surface area contributed by atoms with E-state index in [1.165, 1.54) is 25.7 Å². The Morgan fingerprint density at radius 2 is 2.00 bits per heavy atom. The highest BCUT2D eigenvalue weighted by molar-refractivity contribution is 6.22. The molecule has 0 saturated heterocycles. The summed E-state index contributed by atoms with van der Waals surface area (Å²) in [5, 5.41) is 0. The molecule has 0 aliphatic carbocycles. The molecule has 60 valence electrons. The molecule has 0 spiro atoms. The van der Waals surface area contributed by atoms with Gasteiger partial charge in [0.15, 0.2) is 7.85 Å². The van der Waals surface area contributed by atoms with Crippen LogP contribution >= 0.6 is 0 Å². The Morgan fingerprint density at radius 3 is 2.45 bits per heavy atom. The summed E-state index contributed by atoms with van der Waals surface area (Å²) >= 11 is 0. The molecule has 0 N–H and O–H groups in total. The van der Waals surface area contributed by atoms with Gasteiger partial charge in [-0.1, -0.05) is 33.1 Å². The van der Waals surface area contributed by atoms with E-state index in [4.69, 9.17) is 7.85 Å². The van der Waals surface area contributed by atoms with E-state index in [2.05, 4.69) is 25.6 Å². The Bertz CT molecular complexity index is 130. The molecule has 0 aromatic heterocycles. The predicted octanol–water partition coefficient (Wildman–Crippen LogP) is 2.72. The first-order valence-electron chi connectivity index (χ1n) is 4.56. The van der Waals surface area contributed by atoms with Gasteiger partial charge in [-0.05, 0) is 12.8 Å². The Morgan fingerprint density at radius 1 is 1.27 bits per heavy atom. The number of hydrogen-bond acceptors (Lipinski definition) is 0. The quantitative estimate of drug-likeness (QED) is 0.319. The van der Waals surface area contributed by atoms with Crippen LogP contribution in [0.5, 0.6) is 0 Å². The normalized spacial score (nSPS) is 11.8. The SMILES string of the molecule is [B]C#CC(CC)CCCCC. The zero-order valence-corrected chi connectivity index (χ0v) is 7.69. The van der Waals surface area contributed by atoms with E-state index in [0.717, 1.165) is 6.42 Å². The molecule has 0 aromatic carbocycles. The van der Waals surface area contributed by atoms with Gasteiger partial charge >= 0.3 is 0 Å². The van der Waals surface area contributed by atoms with Gasteiger partial charge in [0, 0.05) is 5.92 Å². The molecule has 1 atom stereocenters. The molecule has 11 heavy (non-hydrogen) atoms. The molecule has 0 nitrogen and oxygen atoms in total. The van der Waals surface area contributed by atoms with Crippen molar-refractivity contribution in [2.45, 2.75) is 46.0 Å². The Balaban J connectivity index is 3.41. The minimum absolute atomic E-state index is 0.534. The van der Waals surface area contributed by atoms with E-state index in [9.17, 15) is 0 Å². The first-order valence-corrected chi connectivity index (χ1v) is 4.56. The van der Waals surface area contributed by atoms with E-state index < -0.39 is 0 Å². The second-order valence-electron chi connectivity index (χ2n) is 2.89. The Kier molecular flexibility index (Phi) is 7.47. The van der Waals surface area contributed by atoms with Crippen LogP contribution in [0.3, 0.4) is 0 Å². The first kappa shape index (κ1) is 10.6. The van der Waals surface area contributed by atoms with Gasteiger partial charge in [-0.25, -0.2) is 0 Å². The number of rotatable bonds is 5. The van der Waals surface area contributed by atoms with Crippen molar-refractivity contribution in [2.24, 2.45) is 5.92 Å². The van der Waals surface area contributed by atoms with Gasteiger partial charge in [0.05, 0.1) is 0 Å². The van der Waals surface area contributed by atoms with Crippen molar-refractivity contribution in [3.05, 3.63) is 0 Å². The highest BCUT2D eigenvalue weighted by Gasteiger charge is 1.99. The third-order valence-corrected chi connectivity index (χ3v) is 1.94. The molecular weight excluding hydrogens is 131 g/mol. The maximum atomic E-state index is 5.15. The monoisotopic (exact) mass is 148 g/mol. The number of hydrogen-bond donors (Lipinski definition) is 0. The van der Waals surface area contributed by atoms with Crippen LogP contribution in [0.2, 0.25) is 0 Å². The molecule has 0 rings (SSSR count). The zero-order valence-electron chi connectivity index (χ0n) is 7.69. The minimum Gasteiger partial charge on any atom is -0.172 e. The molecule has 0 aromatic rings. The summed E-state index contributed by atoms with van der Waals surface area (Å²) in [6.07, 6.45) is 6.25. The molecule has 0 aliphatic rings. The lowest BCUT2D eigenvalue weighted by Crippen LogP contribution is -1.94. The average Bonchev–Trinajstić information content (AvgIpc) is 2.03. The lowest BCUT2D eigenvalue weighted by Gasteiger charge is -2.05. The predicted molar refractivity (Wildman–Crippen MR) is 51.5 cm³/mol. The third-order valence-electron chi connectivity index (χ3n) is 1.94. The van der Waals surface area contributed by atoms with Gasteiger partial charge in [-0.2, -0.15) is 5.82 Å². The second-order valence-corrected chi connectivity index (χ2v) is 2.89. The topological polar surface area (TPSA) is 0 Å². The van der Waals surface area contributed by atoms with E-state index in [-0.39, 0.29) is 0 Å². The van der Waals surface area contributed by atoms with Crippen molar-refractivity contribution in [1.82, 2.24) is 0 Å². The van der Waals surface area contributed by atoms with Gasteiger partial charge in [0.1, 0.15) is 0 Å². The van der Waals surface area contributed by atoms with Crippen LogP contribution in [-0.4, -0.2) is 7.85 Å². The first-order chi connectivity index (χ1) is 5.35. The van der Waals surface area contributed by atoms with Crippen LogP contribution in [0, 0.1) is 17.7 Å². The summed E-state index contributed by atoms with van der Waals surface area (Å²) in [4.78, 5) is 0. The van der Waals surface area contributed by atoms with Crippen LogP contribution in [0.1, 0.15) is 46.0 Å². The van der Waals surface area contributed by atoms with Gasteiger partial charge in [-0.15, -0.1) is 5.92 Å². The van der Waals surface area contributed by atoms with Crippen LogP contribution in [0.25, 0.3) is 0 Å². The summed E-state index contributed by atoms with van der Waals surface area (Å²) in [7, 11) is 5.15. The Labute approximate surface area is 72.2 Å². The van der Waals surface area contributed by atoms with Crippen molar-refractivity contribution in [1.29, 1.82) is 0 Å². The highest BCUT2D eigenvalue weighted by atomic mass is 14.0. The van der Waals surface area contributed by atoms with Crippen LogP contribution in [0.4, 0.5) is 0 Å². The van der Waals surface area contributed by atoms with Gasteiger partial charge in [0.25, 0.3) is 0 Å². The highest BCUT2D eigenvalue weighted by Crippen LogP contribution is 2.11. The van der Waals surface area contributed by atoms with E-state index in [1.54, 1.807) is 0 Å². The summed E-state index contributed by atoms with van der Waals surface area (Å²) in [6, 6.07) is 0. The molecule has 0 aliphatic heterocycles. The van der Waals surface area contributed by atoms with Crippen LogP contribution < -0.4 is 0 Å². The van der Waals surface area contributed by atoms with Crippen molar-refractivity contribution in [3.63, 3.8) is 0 Å². The van der Waals surface area contributed by atoms with Crippen molar-refractivity contribution in [2.75, 3.05) is 0 Å². The molecule has 0 saturated carbocycles. The van der Waals surface area contributed by atoms with E-state index in [1.807, 2.05) is 0 Å². The molecule has 0 bridgehead atoms. The van der Waals surface area contributed by atoms with Crippen molar-refractivity contribution >= 4 is 7.85 Å². The molecular formula is C10H17B. The van der Waals surface area contributed by atoms with Crippen LogP contribution in [-0.2, 0) is 0 Å². The third kappa shape index (κ3) is 6.04. The molecule has 1 heteroatoms. The van der Waals surface area contributed by atoms with Crippen molar-refractivity contribution < 1.29 is 0 Å². The second kappa shape index (κ2) is 7.73. The van der Waals surface area contributed by atoms with Crippen molar-refractivity contribution in [3.8, 4) is 11.7 Å². The molecule has 2 radical (unpaired) electrons. The van der Waals surface area contributed by atoms with Gasteiger partial charge < -0.3 is 0 Å². The average molecular weight is 148 g/mol. The lowest BCUT2D eigenvalue weighted by molar-refractivity contribution is 0.541. The van der Waals surface area contributed by atoms with Gasteiger partial charge in [0.2, 0.25) is 0 Å². The van der Waals surface area contributed by atoms with Gasteiger partial charge in [-0.3, -0.25) is 0 Å². The fourth-order valence-electron chi connectivity index (χ4n) is 1.14. The smallest absolute Gasteiger partial charge is 0.172 e. The summed E-state index contributed by atoms with van der Waals surface area (Å²) < 4.78 is 0. The minimum atomic E-state index is 0.534. The molecule has 0 heterocycles.